The predicted molar refractivity (Wildman–Crippen MR) is 153 cm³/mol. The summed E-state index contributed by atoms with van der Waals surface area (Å²) in [5, 5.41) is 6.64. The molecule has 0 N–H and O–H groups in total. The van der Waals surface area contributed by atoms with E-state index in [0.717, 1.165) is 48.6 Å². The number of pyridine rings is 1. The molecule has 2 fully saturated rings. The van der Waals surface area contributed by atoms with Crippen LogP contribution in [0.4, 0.5) is 10.2 Å². The van der Waals surface area contributed by atoms with Crippen molar-refractivity contribution in [2.75, 3.05) is 31.1 Å². The van der Waals surface area contributed by atoms with Crippen LogP contribution in [0.15, 0.2) is 70.8 Å². The fraction of sp³-hybridized carbons (Fsp3) is 0.310. The summed E-state index contributed by atoms with van der Waals surface area (Å²) < 4.78 is 44.5. The summed E-state index contributed by atoms with van der Waals surface area (Å²) in [6, 6.07) is 9.45. The molecule has 41 heavy (non-hydrogen) atoms. The molecule has 1 aliphatic carbocycles. The molecule has 5 heterocycles. The maximum Gasteiger partial charge on any atom is 0.244 e. The summed E-state index contributed by atoms with van der Waals surface area (Å²) in [4.78, 5) is 25.2. The first-order chi connectivity index (χ1) is 19.8. The summed E-state index contributed by atoms with van der Waals surface area (Å²) >= 11 is 1.25. The number of benzene rings is 1. The quantitative estimate of drug-likeness (QED) is 0.308. The molecule has 1 atom stereocenters. The summed E-state index contributed by atoms with van der Waals surface area (Å²) in [6.45, 7) is 2.06. The predicted octanol–water partition coefficient (Wildman–Crippen LogP) is 4.37. The molecular weight excluding hydrogens is 563 g/mol. The van der Waals surface area contributed by atoms with Crippen molar-refractivity contribution in [3.8, 4) is 5.69 Å². The number of thiazole rings is 1. The Balaban J connectivity index is 1.25. The van der Waals surface area contributed by atoms with Crippen LogP contribution in [0.2, 0.25) is 0 Å². The molecular formula is C29H27FN6O3S2. The first-order valence-electron chi connectivity index (χ1n) is 13.5. The van der Waals surface area contributed by atoms with Gasteiger partial charge in [0.15, 0.2) is 5.01 Å². The van der Waals surface area contributed by atoms with Crippen molar-refractivity contribution in [3.05, 3.63) is 88.0 Å². The number of carbonyl (C=O) groups is 1. The second kappa shape index (κ2) is 9.97. The molecule has 0 saturated carbocycles. The number of Topliss-reactive ketones (excluding diaryl/α,β-unsaturated/α-hetero) is 1. The highest BCUT2D eigenvalue weighted by Crippen LogP contribution is 2.47. The van der Waals surface area contributed by atoms with Crippen molar-refractivity contribution < 1.29 is 17.6 Å². The maximum absolute atomic E-state index is 14.1. The number of nitrogens with zero attached hydrogens (tertiary/aromatic N) is 6. The number of carbonyl (C=O) groups excluding carboxylic acids is 1. The lowest BCUT2D eigenvalue weighted by Gasteiger charge is -2.44. The third-order valence-corrected chi connectivity index (χ3v) is 10.9. The van der Waals surface area contributed by atoms with Gasteiger partial charge in [-0.2, -0.15) is 9.40 Å². The molecule has 12 heteroatoms. The second-order valence-corrected chi connectivity index (χ2v) is 13.5. The number of hydrogen-bond donors (Lipinski definition) is 0. The van der Waals surface area contributed by atoms with E-state index in [-0.39, 0.29) is 36.0 Å². The van der Waals surface area contributed by atoms with Gasteiger partial charge in [-0.25, -0.2) is 27.5 Å². The average Bonchev–Trinajstić information content (AvgIpc) is 3.78. The van der Waals surface area contributed by atoms with E-state index in [2.05, 4.69) is 20.0 Å². The van der Waals surface area contributed by atoms with E-state index >= 15 is 0 Å². The number of rotatable bonds is 6. The van der Waals surface area contributed by atoms with E-state index in [0.29, 0.717) is 17.1 Å². The zero-order valence-electron chi connectivity index (χ0n) is 22.1. The smallest absolute Gasteiger partial charge is 0.244 e. The van der Waals surface area contributed by atoms with E-state index in [1.54, 1.807) is 46.7 Å². The van der Waals surface area contributed by atoms with Crippen LogP contribution in [0, 0.1) is 11.2 Å². The fourth-order valence-corrected chi connectivity index (χ4v) is 8.28. The third kappa shape index (κ3) is 4.41. The Hall–Kier alpha value is -3.74. The van der Waals surface area contributed by atoms with Crippen molar-refractivity contribution in [1.82, 2.24) is 24.1 Å². The minimum atomic E-state index is -3.91. The Kier molecular flexibility index (Phi) is 6.36. The number of halogens is 1. The van der Waals surface area contributed by atoms with Gasteiger partial charge in [0.2, 0.25) is 15.8 Å². The largest absolute Gasteiger partial charge is 0.357 e. The van der Waals surface area contributed by atoms with E-state index in [1.165, 1.54) is 34.0 Å². The number of fused-ring (bicyclic) bond motifs is 2. The van der Waals surface area contributed by atoms with Crippen LogP contribution in [-0.2, 0) is 16.4 Å². The Labute approximate surface area is 241 Å². The molecule has 3 aliphatic rings. The molecule has 9 nitrogen and oxygen atoms in total. The molecule has 1 aromatic carbocycles. The first-order valence-corrected chi connectivity index (χ1v) is 15.9. The summed E-state index contributed by atoms with van der Waals surface area (Å²) in [5.74, 6) is 0.246. The van der Waals surface area contributed by atoms with Crippen LogP contribution in [0.25, 0.3) is 11.8 Å². The van der Waals surface area contributed by atoms with E-state index < -0.39 is 15.4 Å². The number of anilines is 1. The minimum absolute atomic E-state index is 0.00533. The van der Waals surface area contributed by atoms with Crippen molar-refractivity contribution in [2.24, 2.45) is 5.41 Å². The van der Waals surface area contributed by atoms with Gasteiger partial charge in [0, 0.05) is 44.0 Å². The van der Waals surface area contributed by atoms with Crippen LogP contribution in [-0.4, -0.2) is 64.4 Å². The number of piperidine rings is 1. The maximum atomic E-state index is 14.1. The molecule has 0 spiro atoms. The van der Waals surface area contributed by atoms with Crippen molar-refractivity contribution >= 4 is 39.0 Å². The normalized spacial score (nSPS) is 20.9. The van der Waals surface area contributed by atoms with Gasteiger partial charge in [0.05, 0.1) is 23.0 Å². The SMILES string of the molecule is O=C(c1nccs1)[C@]12Cc3cnn(-c4ccc(F)cc4)c3C=C1CCN(S(=O)(=O)c1ccc(N3CCCC3)nc1)C2. The molecule has 210 valence electrons. The topological polar surface area (TPSA) is 101 Å². The summed E-state index contributed by atoms with van der Waals surface area (Å²) in [6.07, 6.45) is 9.54. The highest BCUT2D eigenvalue weighted by molar-refractivity contribution is 7.89. The lowest BCUT2D eigenvalue weighted by atomic mass is 9.66. The van der Waals surface area contributed by atoms with Gasteiger partial charge >= 0.3 is 0 Å². The van der Waals surface area contributed by atoms with Gasteiger partial charge in [-0.15, -0.1) is 11.3 Å². The van der Waals surface area contributed by atoms with Crippen LogP contribution in [0.5, 0.6) is 0 Å². The molecule has 7 rings (SSSR count). The van der Waals surface area contributed by atoms with Gasteiger partial charge < -0.3 is 4.90 Å². The number of sulfonamides is 1. The first kappa shape index (κ1) is 26.2. The molecule has 0 radical (unpaired) electrons. The third-order valence-electron chi connectivity index (χ3n) is 8.30. The van der Waals surface area contributed by atoms with Gasteiger partial charge in [0.1, 0.15) is 16.5 Å². The Morgan fingerprint density at radius 1 is 1.00 bits per heavy atom. The van der Waals surface area contributed by atoms with Crippen molar-refractivity contribution in [3.63, 3.8) is 0 Å². The van der Waals surface area contributed by atoms with Gasteiger partial charge in [-0.05, 0) is 73.7 Å². The van der Waals surface area contributed by atoms with Crippen LogP contribution in [0.1, 0.15) is 40.3 Å². The van der Waals surface area contributed by atoms with E-state index in [1.807, 2.05) is 6.08 Å². The van der Waals surface area contributed by atoms with Crippen LogP contribution >= 0.6 is 11.3 Å². The lowest BCUT2D eigenvalue weighted by molar-refractivity contribution is 0.0775. The van der Waals surface area contributed by atoms with E-state index in [4.69, 9.17) is 0 Å². The molecule has 0 bridgehead atoms. The zero-order valence-corrected chi connectivity index (χ0v) is 23.7. The van der Waals surface area contributed by atoms with Crippen molar-refractivity contribution in [2.45, 2.75) is 30.6 Å². The Morgan fingerprint density at radius 3 is 2.51 bits per heavy atom. The van der Waals surface area contributed by atoms with Crippen LogP contribution in [0.3, 0.4) is 0 Å². The molecule has 0 amide bonds. The van der Waals surface area contributed by atoms with Gasteiger partial charge in [-0.1, -0.05) is 5.57 Å². The van der Waals surface area contributed by atoms with Crippen molar-refractivity contribution in [1.29, 1.82) is 0 Å². The molecule has 2 aliphatic heterocycles. The van der Waals surface area contributed by atoms with Gasteiger partial charge in [0.25, 0.3) is 0 Å². The van der Waals surface area contributed by atoms with Gasteiger partial charge in [-0.3, -0.25) is 4.79 Å². The Morgan fingerprint density at radius 2 is 1.80 bits per heavy atom. The van der Waals surface area contributed by atoms with Crippen LogP contribution < -0.4 is 4.90 Å². The second-order valence-electron chi connectivity index (χ2n) is 10.7. The zero-order chi connectivity index (χ0) is 28.2. The van der Waals surface area contributed by atoms with E-state index in [9.17, 15) is 17.6 Å². The number of hydrogen-bond acceptors (Lipinski definition) is 8. The lowest BCUT2D eigenvalue weighted by Crippen LogP contribution is -2.53. The molecule has 4 aromatic rings. The monoisotopic (exact) mass is 590 g/mol. The highest BCUT2D eigenvalue weighted by atomic mass is 32.2. The number of ketones is 1. The number of aromatic nitrogens is 4. The summed E-state index contributed by atoms with van der Waals surface area (Å²) in [5.41, 5.74) is 2.07. The minimum Gasteiger partial charge on any atom is -0.357 e. The summed E-state index contributed by atoms with van der Waals surface area (Å²) in [7, 11) is -3.91. The molecule has 0 unspecified atom stereocenters. The average molecular weight is 591 g/mol. The highest BCUT2D eigenvalue weighted by Gasteiger charge is 2.51. The Bertz CT molecular complexity index is 1740. The fourth-order valence-electron chi connectivity index (χ4n) is 6.16. The standard InChI is InChI=1S/C29H27FN6O3S2/c30-22-3-5-23(6-4-22)36-25-15-21-9-13-35(41(38,39)24-7-8-26(32-18-24)34-11-1-2-12-34)19-29(21,16-20(25)17-33-36)27(37)28-31-10-14-40-28/h3-8,10,14-15,17-18H,1-2,9,11-13,16,19H2/t29-/m0/s1. The molecule has 2 saturated heterocycles. The molecule has 3 aromatic heterocycles.